The number of alkyl halides is 2. The monoisotopic (exact) mass is 254 g/mol. The summed E-state index contributed by atoms with van der Waals surface area (Å²) >= 11 is 11.9. The summed E-state index contributed by atoms with van der Waals surface area (Å²) in [5.74, 6) is -0.633. The number of nitrogens with zero attached hydrogens (tertiary/aromatic N) is 3. The first-order valence-corrected chi connectivity index (χ1v) is 5.35. The minimum Gasteiger partial charge on any atom is -0.368 e. The number of hydrazine groups is 1. The molecule has 0 aliphatic carbocycles. The van der Waals surface area contributed by atoms with Gasteiger partial charge in [-0.2, -0.15) is 10.1 Å². The van der Waals surface area contributed by atoms with Gasteiger partial charge in [-0.15, -0.1) is 28.1 Å². The first-order valence-electron chi connectivity index (χ1n) is 4.48. The van der Waals surface area contributed by atoms with E-state index in [-0.39, 0.29) is 11.9 Å². The number of primary amides is 1. The molecule has 2 N–H and O–H groups in total. The largest absolute Gasteiger partial charge is 0.368 e. The molecule has 1 rings (SSSR count). The number of hydrogen-bond acceptors (Lipinski definition) is 4. The zero-order valence-electron chi connectivity index (χ0n) is 7.97. The van der Waals surface area contributed by atoms with Crippen LogP contribution in [0.4, 0.5) is 0 Å². The number of nitroso groups, excluding NO2 is 1. The number of hydrogen-bond donors (Lipinski definition) is 1. The van der Waals surface area contributed by atoms with Gasteiger partial charge in [0.15, 0.2) is 0 Å². The average molecular weight is 255 g/mol. The van der Waals surface area contributed by atoms with Crippen LogP contribution in [0.2, 0.25) is 0 Å². The predicted molar refractivity (Wildman–Crippen MR) is 56.9 cm³/mol. The van der Waals surface area contributed by atoms with Gasteiger partial charge in [-0.1, -0.05) is 0 Å². The molecule has 1 fully saturated rings. The maximum atomic E-state index is 10.7. The van der Waals surface area contributed by atoms with Gasteiger partial charge in [0.2, 0.25) is 5.91 Å². The van der Waals surface area contributed by atoms with Crippen molar-refractivity contribution >= 4 is 29.1 Å². The molecule has 1 aliphatic heterocycles. The summed E-state index contributed by atoms with van der Waals surface area (Å²) in [5.41, 5.74) is 4.54. The minimum absolute atomic E-state index is 0.00849. The fourth-order valence-electron chi connectivity index (χ4n) is 1.43. The van der Waals surface area contributed by atoms with Crippen molar-refractivity contribution in [1.29, 1.82) is 0 Å². The van der Waals surface area contributed by atoms with Gasteiger partial charge < -0.3 is 5.73 Å². The van der Waals surface area contributed by atoms with Gasteiger partial charge in [0.25, 0.3) is 0 Å². The summed E-state index contributed by atoms with van der Waals surface area (Å²) in [6.07, 6.45) is 1.23. The molecule has 0 saturated carbocycles. The van der Waals surface area contributed by atoms with Crippen LogP contribution in [0.25, 0.3) is 0 Å². The Labute approximate surface area is 97.2 Å². The molecule has 15 heavy (non-hydrogen) atoms. The molecule has 0 spiro atoms. The summed E-state index contributed by atoms with van der Waals surface area (Å²) < 4.78 is 0. The van der Waals surface area contributed by atoms with E-state index in [0.717, 1.165) is 5.12 Å². The Morgan fingerprint density at radius 3 is 2.73 bits per heavy atom. The van der Waals surface area contributed by atoms with E-state index in [2.05, 4.69) is 5.29 Å². The van der Waals surface area contributed by atoms with Crippen LogP contribution in [-0.4, -0.2) is 40.0 Å². The number of rotatable bonds is 4. The molecule has 2 atom stereocenters. The normalized spacial score (nSPS) is 27.3. The van der Waals surface area contributed by atoms with Crippen LogP contribution in [0, 0.1) is 4.91 Å². The molecule has 0 aromatic rings. The van der Waals surface area contributed by atoms with Crippen molar-refractivity contribution in [3.8, 4) is 0 Å². The zero-order chi connectivity index (χ0) is 11.4. The molecule has 0 radical (unpaired) electrons. The molecule has 86 valence electrons. The SMILES string of the molecule is NC(=O)CN(N=O)N1CCC(Cl)CC1Cl. The predicted octanol–water partition coefficient (Wildman–Crippen LogP) is 0.638. The molecule has 6 nitrogen and oxygen atoms in total. The van der Waals surface area contributed by atoms with Crippen LogP contribution in [0.15, 0.2) is 5.29 Å². The summed E-state index contributed by atoms with van der Waals surface area (Å²) in [6, 6.07) is 0. The summed E-state index contributed by atoms with van der Waals surface area (Å²) in [7, 11) is 0. The smallest absolute Gasteiger partial charge is 0.240 e. The van der Waals surface area contributed by atoms with Crippen molar-refractivity contribution in [2.75, 3.05) is 13.1 Å². The molecule has 1 heterocycles. The van der Waals surface area contributed by atoms with E-state index < -0.39 is 11.4 Å². The quantitative estimate of drug-likeness (QED) is 0.346. The molecule has 0 bridgehead atoms. The van der Waals surface area contributed by atoms with Crippen molar-refractivity contribution in [2.24, 2.45) is 11.0 Å². The summed E-state index contributed by atoms with van der Waals surface area (Å²) in [4.78, 5) is 21.2. The molecule has 2 unspecified atom stereocenters. The first-order chi connectivity index (χ1) is 7.04. The Bertz CT molecular complexity index is 253. The molecular formula is C7H12Cl2N4O2. The van der Waals surface area contributed by atoms with Crippen LogP contribution >= 0.6 is 23.2 Å². The molecule has 1 saturated heterocycles. The highest BCUT2D eigenvalue weighted by Gasteiger charge is 2.30. The van der Waals surface area contributed by atoms with Crippen molar-refractivity contribution < 1.29 is 4.79 Å². The van der Waals surface area contributed by atoms with Gasteiger partial charge in [-0.25, -0.2) is 0 Å². The highest BCUT2D eigenvalue weighted by Crippen LogP contribution is 2.25. The second-order valence-corrected chi connectivity index (χ2v) is 4.42. The second-order valence-electron chi connectivity index (χ2n) is 3.30. The molecular weight excluding hydrogens is 243 g/mol. The molecule has 1 aliphatic rings. The van der Waals surface area contributed by atoms with Crippen molar-refractivity contribution in [1.82, 2.24) is 10.1 Å². The molecule has 0 aromatic heterocycles. The third-order valence-corrected chi connectivity index (χ3v) is 2.93. The van der Waals surface area contributed by atoms with Crippen molar-refractivity contribution in [3.63, 3.8) is 0 Å². The molecule has 0 aromatic carbocycles. The maximum absolute atomic E-state index is 10.7. The summed E-state index contributed by atoms with van der Waals surface area (Å²) in [6.45, 7) is 0.223. The Balaban J connectivity index is 2.59. The number of amides is 1. The second kappa shape index (κ2) is 5.48. The van der Waals surface area contributed by atoms with E-state index in [1.807, 2.05) is 0 Å². The third-order valence-electron chi connectivity index (χ3n) is 2.13. The molecule has 8 heteroatoms. The molecule has 1 amide bonds. The van der Waals surface area contributed by atoms with Gasteiger partial charge in [0.1, 0.15) is 12.0 Å². The Morgan fingerprint density at radius 2 is 2.27 bits per heavy atom. The average Bonchev–Trinajstić information content (AvgIpc) is 2.14. The Hall–Kier alpha value is -0.590. The van der Waals surface area contributed by atoms with Crippen molar-refractivity contribution in [2.45, 2.75) is 23.7 Å². The lowest BCUT2D eigenvalue weighted by molar-refractivity contribution is -0.127. The van der Waals surface area contributed by atoms with Gasteiger partial charge in [0, 0.05) is 11.9 Å². The van der Waals surface area contributed by atoms with Gasteiger partial charge in [-0.05, 0) is 12.8 Å². The lowest BCUT2D eigenvalue weighted by Gasteiger charge is -2.37. The Morgan fingerprint density at radius 1 is 1.60 bits per heavy atom. The van der Waals surface area contributed by atoms with E-state index in [4.69, 9.17) is 28.9 Å². The minimum atomic E-state index is -0.633. The number of halogens is 2. The van der Waals surface area contributed by atoms with Crippen molar-refractivity contribution in [3.05, 3.63) is 4.91 Å². The lowest BCUT2D eigenvalue weighted by atomic mass is 10.1. The fraction of sp³-hybridized carbons (Fsp3) is 0.857. The number of carbonyl (C=O) groups is 1. The van der Waals surface area contributed by atoms with E-state index in [9.17, 15) is 9.70 Å². The maximum Gasteiger partial charge on any atom is 0.240 e. The highest BCUT2D eigenvalue weighted by molar-refractivity contribution is 6.23. The van der Waals surface area contributed by atoms with Crippen LogP contribution in [0.1, 0.15) is 12.8 Å². The highest BCUT2D eigenvalue weighted by atomic mass is 35.5. The first kappa shape index (κ1) is 12.5. The van der Waals surface area contributed by atoms with Crippen LogP contribution in [0.3, 0.4) is 0 Å². The van der Waals surface area contributed by atoms with E-state index in [1.54, 1.807) is 0 Å². The van der Waals surface area contributed by atoms with Crippen LogP contribution < -0.4 is 5.73 Å². The third kappa shape index (κ3) is 3.48. The fourth-order valence-corrected chi connectivity index (χ4v) is 2.20. The van der Waals surface area contributed by atoms with Gasteiger partial charge >= 0.3 is 0 Å². The zero-order valence-corrected chi connectivity index (χ0v) is 9.49. The van der Waals surface area contributed by atoms with Crippen LogP contribution in [-0.2, 0) is 4.79 Å². The summed E-state index contributed by atoms with van der Waals surface area (Å²) in [5, 5.41) is 5.15. The standard InChI is InChI=1S/C7H12Cl2N4O2/c8-5-1-2-12(6(9)3-5)13(11-15)4-7(10)14/h5-6H,1-4H2,(H2,10,14). The number of carbonyl (C=O) groups excluding carboxylic acids is 1. The lowest BCUT2D eigenvalue weighted by Crippen LogP contribution is -2.50. The number of piperidine rings is 1. The Kier molecular flexibility index (Phi) is 4.56. The van der Waals surface area contributed by atoms with Crippen LogP contribution in [0.5, 0.6) is 0 Å². The topological polar surface area (TPSA) is 79.0 Å². The van der Waals surface area contributed by atoms with E-state index >= 15 is 0 Å². The number of nitrogens with two attached hydrogens (primary N) is 1. The van der Waals surface area contributed by atoms with E-state index in [1.165, 1.54) is 5.01 Å². The van der Waals surface area contributed by atoms with Gasteiger partial charge in [-0.3, -0.25) is 4.79 Å². The van der Waals surface area contributed by atoms with E-state index in [0.29, 0.717) is 19.4 Å². The van der Waals surface area contributed by atoms with Gasteiger partial charge in [0.05, 0.1) is 5.29 Å².